The van der Waals surface area contributed by atoms with Gasteiger partial charge in [0.05, 0.1) is 5.41 Å². The predicted octanol–water partition coefficient (Wildman–Crippen LogP) is 1.62. The highest BCUT2D eigenvalue weighted by Crippen LogP contribution is 2.51. The van der Waals surface area contributed by atoms with E-state index in [0.717, 1.165) is 22.2 Å². The SMILES string of the molecule is NCCNC(=O)C1(c2cc(Br)cs2)CC1. The highest BCUT2D eigenvalue weighted by Gasteiger charge is 2.52. The second-order valence-electron chi connectivity index (χ2n) is 3.76. The molecule has 0 unspecified atom stereocenters. The lowest BCUT2D eigenvalue weighted by atomic mass is 10.0. The van der Waals surface area contributed by atoms with Gasteiger partial charge >= 0.3 is 0 Å². The largest absolute Gasteiger partial charge is 0.354 e. The summed E-state index contributed by atoms with van der Waals surface area (Å²) in [6.07, 6.45) is 1.91. The van der Waals surface area contributed by atoms with Crippen LogP contribution in [0.1, 0.15) is 17.7 Å². The van der Waals surface area contributed by atoms with Gasteiger partial charge in [-0.1, -0.05) is 0 Å². The third-order valence-corrected chi connectivity index (χ3v) is 4.55. The van der Waals surface area contributed by atoms with E-state index in [9.17, 15) is 4.79 Å². The molecule has 15 heavy (non-hydrogen) atoms. The molecule has 1 saturated carbocycles. The summed E-state index contributed by atoms with van der Waals surface area (Å²) in [5.41, 5.74) is 5.12. The summed E-state index contributed by atoms with van der Waals surface area (Å²) in [6.45, 7) is 1.06. The van der Waals surface area contributed by atoms with Crippen LogP contribution in [-0.2, 0) is 10.2 Å². The molecule has 3 N–H and O–H groups in total. The van der Waals surface area contributed by atoms with Crippen molar-refractivity contribution in [3.63, 3.8) is 0 Å². The van der Waals surface area contributed by atoms with Crippen LogP contribution in [0.25, 0.3) is 0 Å². The first-order valence-electron chi connectivity index (χ1n) is 4.92. The molecule has 1 aromatic rings. The fourth-order valence-electron chi connectivity index (χ4n) is 1.63. The Labute approximate surface area is 101 Å². The average Bonchev–Trinajstić information content (AvgIpc) is 2.93. The number of thiophene rings is 1. The van der Waals surface area contributed by atoms with Gasteiger partial charge in [-0.05, 0) is 34.8 Å². The Hall–Kier alpha value is -0.390. The number of nitrogens with one attached hydrogen (secondary N) is 1. The quantitative estimate of drug-likeness (QED) is 0.885. The van der Waals surface area contributed by atoms with E-state index in [1.54, 1.807) is 11.3 Å². The first kappa shape index (κ1) is 11.1. The number of carbonyl (C=O) groups is 1. The minimum atomic E-state index is -0.244. The molecule has 1 aromatic heterocycles. The Balaban J connectivity index is 2.10. The lowest BCUT2D eigenvalue weighted by molar-refractivity contribution is -0.123. The van der Waals surface area contributed by atoms with E-state index in [4.69, 9.17) is 5.73 Å². The van der Waals surface area contributed by atoms with Crippen molar-refractivity contribution in [1.82, 2.24) is 5.32 Å². The number of halogens is 1. The lowest BCUT2D eigenvalue weighted by Gasteiger charge is -2.12. The van der Waals surface area contributed by atoms with Gasteiger partial charge in [0.2, 0.25) is 5.91 Å². The maximum absolute atomic E-state index is 11.9. The van der Waals surface area contributed by atoms with Crippen molar-refractivity contribution in [2.75, 3.05) is 13.1 Å². The maximum Gasteiger partial charge on any atom is 0.231 e. The van der Waals surface area contributed by atoms with Gasteiger partial charge in [0.25, 0.3) is 0 Å². The second kappa shape index (κ2) is 4.23. The zero-order valence-corrected chi connectivity index (χ0v) is 10.7. The van der Waals surface area contributed by atoms with Crippen LogP contribution in [0.15, 0.2) is 15.9 Å². The molecule has 1 aliphatic rings. The van der Waals surface area contributed by atoms with Crippen molar-refractivity contribution >= 4 is 33.2 Å². The first-order valence-corrected chi connectivity index (χ1v) is 6.59. The number of rotatable bonds is 4. The summed E-state index contributed by atoms with van der Waals surface area (Å²) in [7, 11) is 0. The summed E-state index contributed by atoms with van der Waals surface area (Å²) in [5.74, 6) is 0.127. The van der Waals surface area contributed by atoms with Crippen molar-refractivity contribution in [1.29, 1.82) is 0 Å². The van der Waals surface area contributed by atoms with Gasteiger partial charge in [-0.2, -0.15) is 0 Å². The van der Waals surface area contributed by atoms with Gasteiger partial charge in [0.1, 0.15) is 0 Å². The van der Waals surface area contributed by atoms with Crippen LogP contribution >= 0.6 is 27.3 Å². The first-order chi connectivity index (χ1) is 7.19. The summed E-state index contributed by atoms with van der Waals surface area (Å²) >= 11 is 5.05. The molecule has 0 atom stereocenters. The molecule has 82 valence electrons. The summed E-state index contributed by atoms with van der Waals surface area (Å²) in [4.78, 5) is 13.1. The third kappa shape index (κ3) is 2.09. The Morgan fingerprint density at radius 2 is 2.40 bits per heavy atom. The van der Waals surface area contributed by atoms with Crippen molar-refractivity contribution in [3.05, 3.63) is 20.8 Å². The van der Waals surface area contributed by atoms with Gasteiger partial charge < -0.3 is 11.1 Å². The standard InChI is InChI=1S/C10H13BrN2OS/c11-7-5-8(15-6-7)10(1-2-10)9(14)13-4-3-12/h5-6H,1-4,12H2,(H,13,14). The molecule has 0 aromatic carbocycles. The van der Waals surface area contributed by atoms with Gasteiger partial charge in [-0.25, -0.2) is 0 Å². The summed E-state index contributed by atoms with van der Waals surface area (Å²) in [5, 5.41) is 4.89. The summed E-state index contributed by atoms with van der Waals surface area (Å²) < 4.78 is 1.06. The van der Waals surface area contributed by atoms with Gasteiger partial charge in [-0.15, -0.1) is 11.3 Å². The fourth-order valence-corrected chi connectivity index (χ4v) is 3.32. The molecule has 5 heteroatoms. The van der Waals surface area contributed by atoms with Crippen LogP contribution in [0.5, 0.6) is 0 Å². The Morgan fingerprint density at radius 3 is 2.87 bits per heavy atom. The summed E-state index contributed by atoms with van der Waals surface area (Å²) in [6, 6.07) is 2.04. The molecular weight excluding hydrogens is 276 g/mol. The van der Waals surface area contributed by atoms with Crippen molar-refractivity contribution < 1.29 is 4.79 Å². The average molecular weight is 289 g/mol. The zero-order valence-electron chi connectivity index (χ0n) is 8.25. The molecule has 2 rings (SSSR count). The monoisotopic (exact) mass is 288 g/mol. The van der Waals surface area contributed by atoms with Crippen LogP contribution in [0.2, 0.25) is 0 Å². The van der Waals surface area contributed by atoms with Crippen LogP contribution < -0.4 is 11.1 Å². The minimum absolute atomic E-state index is 0.127. The van der Waals surface area contributed by atoms with E-state index in [2.05, 4.69) is 21.2 Å². The number of amides is 1. The number of hydrogen-bond acceptors (Lipinski definition) is 3. The molecule has 1 heterocycles. The molecule has 1 fully saturated rings. The van der Waals surface area contributed by atoms with E-state index >= 15 is 0 Å². The molecule has 0 saturated heterocycles. The van der Waals surface area contributed by atoms with Crippen LogP contribution in [0.4, 0.5) is 0 Å². The van der Waals surface area contributed by atoms with E-state index in [0.29, 0.717) is 13.1 Å². The highest BCUT2D eigenvalue weighted by molar-refractivity contribution is 9.10. The Morgan fingerprint density at radius 1 is 1.67 bits per heavy atom. The van der Waals surface area contributed by atoms with E-state index in [1.807, 2.05) is 11.4 Å². The van der Waals surface area contributed by atoms with E-state index in [-0.39, 0.29) is 11.3 Å². The van der Waals surface area contributed by atoms with Crippen LogP contribution in [0.3, 0.4) is 0 Å². The Bertz CT molecular complexity index is 373. The minimum Gasteiger partial charge on any atom is -0.354 e. The van der Waals surface area contributed by atoms with Crippen molar-refractivity contribution in [2.45, 2.75) is 18.3 Å². The molecule has 0 aliphatic heterocycles. The van der Waals surface area contributed by atoms with Gasteiger partial charge in [0, 0.05) is 27.8 Å². The number of hydrogen-bond donors (Lipinski definition) is 2. The number of nitrogens with two attached hydrogens (primary N) is 1. The Kier molecular flexibility index (Phi) is 3.13. The predicted molar refractivity (Wildman–Crippen MR) is 65.0 cm³/mol. The van der Waals surface area contributed by atoms with E-state index < -0.39 is 0 Å². The third-order valence-electron chi connectivity index (χ3n) is 2.65. The van der Waals surface area contributed by atoms with Crippen molar-refractivity contribution in [3.8, 4) is 0 Å². The van der Waals surface area contributed by atoms with E-state index in [1.165, 1.54) is 0 Å². The normalized spacial score (nSPS) is 17.5. The molecule has 0 spiro atoms. The number of carbonyl (C=O) groups excluding carboxylic acids is 1. The smallest absolute Gasteiger partial charge is 0.231 e. The van der Waals surface area contributed by atoms with Gasteiger partial charge in [-0.3, -0.25) is 4.79 Å². The molecule has 0 bridgehead atoms. The molecule has 3 nitrogen and oxygen atoms in total. The molecule has 1 amide bonds. The van der Waals surface area contributed by atoms with Gasteiger partial charge in [0.15, 0.2) is 0 Å². The zero-order chi connectivity index (χ0) is 10.9. The maximum atomic E-state index is 11.9. The second-order valence-corrected chi connectivity index (χ2v) is 5.58. The van der Waals surface area contributed by atoms with Crippen LogP contribution in [0, 0.1) is 0 Å². The molecular formula is C10H13BrN2OS. The topological polar surface area (TPSA) is 55.1 Å². The lowest BCUT2D eigenvalue weighted by Crippen LogP contribution is -2.37. The van der Waals surface area contributed by atoms with Crippen molar-refractivity contribution in [2.24, 2.45) is 5.73 Å². The van der Waals surface area contributed by atoms with Crippen LogP contribution in [-0.4, -0.2) is 19.0 Å². The highest BCUT2D eigenvalue weighted by atomic mass is 79.9. The fraction of sp³-hybridized carbons (Fsp3) is 0.500. The molecule has 0 radical (unpaired) electrons. The molecule has 1 aliphatic carbocycles.